The molecule has 1 aromatic rings. The second kappa shape index (κ2) is 8.28. The van der Waals surface area contributed by atoms with Crippen LogP contribution >= 0.6 is 0 Å². The van der Waals surface area contributed by atoms with Crippen LogP contribution in [0, 0.1) is 0 Å². The Balaban J connectivity index is 1.90. The maximum Gasteiger partial charge on any atom is 0.330 e. The monoisotopic (exact) mass is 356 g/mol. The van der Waals surface area contributed by atoms with Gasteiger partial charge < -0.3 is 39.7 Å². The van der Waals surface area contributed by atoms with E-state index < -0.39 is 36.7 Å². The molecule has 5 N–H and O–H groups in total. The first-order chi connectivity index (χ1) is 11.8. The van der Waals surface area contributed by atoms with E-state index in [9.17, 15) is 30.3 Å². The molecule has 2 rings (SSSR count). The summed E-state index contributed by atoms with van der Waals surface area (Å²) in [5, 5.41) is 47.8. The van der Waals surface area contributed by atoms with E-state index in [1.807, 2.05) is 0 Å². The van der Waals surface area contributed by atoms with E-state index in [0.717, 1.165) is 6.08 Å². The highest BCUT2D eigenvalue weighted by Gasteiger charge is 2.44. The van der Waals surface area contributed by atoms with Gasteiger partial charge in [-0.3, -0.25) is 0 Å². The van der Waals surface area contributed by atoms with Crippen molar-refractivity contribution >= 4 is 12.0 Å². The van der Waals surface area contributed by atoms with Crippen molar-refractivity contribution in [2.75, 3.05) is 13.7 Å². The van der Waals surface area contributed by atoms with Crippen LogP contribution in [0.3, 0.4) is 0 Å². The van der Waals surface area contributed by atoms with E-state index in [1.54, 1.807) is 0 Å². The van der Waals surface area contributed by atoms with E-state index in [1.165, 1.54) is 31.4 Å². The van der Waals surface area contributed by atoms with Gasteiger partial charge in [-0.05, 0) is 23.8 Å². The van der Waals surface area contributed by atoms with Gasteiger partial charge in [-0.1, -0.05) is 6.07 Å². The van der Waals surface area contributed by atoms with E-state index in [2.05, 4.69) is 0 Å². The molecule has 0 radical (unpaired) electrons. The fourth-order valence-electron chi connectivity index (χ4n) is 2.27. The lowest BCUT2D eigenvalue weighted by Crippen LogP contribution is -2.59. The Morgan fingerprint density at radius 3 is 2.52 bits per heavy atom. The zero-order chi connectivity index (χ0) is 18.6. The summed E-state index contributed by atoms with van der Waals surface area (Å²) in [6.45, 7) is -0.366. The van der Waals surface area contributed by atoms with E-state index >= 15 is 0 Å². The summed E-state index contributed by atoms with van der Waals surface area (Å²) in [6.07, 6.45) is -4.16. The zero-order valence-corrected chi connectivity index (χ0v) is 13.3. The summed E-state index contributed by atoms with van der Waals surface area (Å²) in [7, 11) is 1.26. The predicted molar refractivity (Wildman–Crippen MR) is 83.5 cm³/mol. The van der Waals surface area contributed by atoms with Crippen molar-refractivity contribution in [1.82, 2.24) is 0 Å². The average molecular weight is 356 g/mol. The SMILES string of the molecule is CO[C@H]1O[C@H](COC(=O)C=Cc2ccc(O)c(O)c2)[C@@H](O)[C@H](O)[C@H]1O. The minimum atomic E-state index is -1.50. The molecule has 1 saturated heterocycles. The molecule has 0 spiro atoms. The molecule has 1 aliphatic rings. The Hall–Kier alpha value is -2.17. The Bertz CT molecular complexity index is 628. The van der Waals surface area contributed by atoms with Crippen LogP contribution in [-0.2, 0) is 19.0 Å². The van der Waals surface area contributed by atoms with Crippen molar-refractivity contribution in [3.63, 3.8) is 0 Å². The van der Waals surface area contributed by atoms with Crippen LogP contribution in [0.25, 0.3) is 6.08 Å². The fourth-order valence-corrected chi connectivity index (χ4v) is 2.27. The highest BCUT2D eigenvalue weighted by atomic mass is 16.7. The molecule has 0 amide bonds. The first-order valence-corrected chi connectivity index (χ1v) is 7.42. The van der Waals surface area contributed by atoms with E-state index in [0.29, 0.717) is 5.56 Å². The van der Waals surface area contributed by atoms with Gasteiger partial charge in [0.05, 0.1) is 0 Å². The number of aliphatic hydroxyl groups excluding tert-OH is 3. The summed E-state index contributed by atoms with van der Waals surface area (Å²) in [4.78, 5) is 11.7. The standard InChI is InChI=1S/C16H20O9/c1-23-16-15(22)14(21)13(20)11(25-16)7-24-12(19)5-3-8-2-4-9(17)10(18)6-8/h2-6,11,13-18,20-22H,7H2,1H3/t11-,13-,14+,15-,16+/m1/s1. The van der Waals surface area contributed by atoms with Crippen molar-refractivity contribution in [3.05, 3.63) is 29.8 Å². The Labute approximate surface area is 143 Å². The van der Waals surface area contributed by atoms with Crippen molar-refractivity contribution < 1.29 is 44.5 Å². The summed E-state index contributed by atoms with van der Waals surface area (Å²) in [5.74, 6) is -1.36. The van der Waals surface area contributed by atoms with Gasteiger partial charge in [-0.15, -0.1) is 0 Å². The largest absolute Gasteiger partial charge is 0.504 e. The van der Waals surface area contributed by atoms with E-state index in [-0.39, 0.29) is 18.1 Å². The molecule has 0 saturated carbocycles. The molecular formula is C16H20O9. The van der Waals surface area contributed by atoms with Crippen LogP contribution in [-0.4, -0.2) is 75.9 Å². The van der Waals surface area contributed by atoms with Crippen LogP contribution in [0.1, 0.15) is 5.56 Å². The van der Waals surface area contributed by atoms with Crippen LogP contribution in [0.5, 0.6) is 11.5 Å². The second-order valence-electron chi connectivity index (χ2n) is 5.46. The summed E-state index contributed by atoms with van der Waals surface area (Å²) >= 11 is 0. The molecule has 1 fully saturated rings. The zero-order valence-electron chi connectivity index (χ0n) is 13.3. The van der Waals surface area contributed by atoms with Crippen molar-refractivity contribution in [1.29, 1.82) is 0 Å². The molecule has 1 heterocycles. The minimum absolute atomic E-state index is 0.281. The van der Waals surface area contributed by atoms with Gasteiger partial charge in [0, 0.05) is 13.2 Å². The van der Waals surface area contributed by atoms with Gasteiger partial charge in [-0.2, -0.15) is 0 Å². The lowest BCUT2D eigenvalue weighted by Gasteiger charge is -2.39. The predicted octanol–water partition coefficient (Wildman–Crippen LogP) is -0.892. The van der Waals surface area contributed by atoms with Crippen LogP contribution in [0.2, 0.25) is 0 Å². The van der Waals surface area contributed by atoms with Crippen molar-refractivity contribution in [2.45, 2.75) is 30.7 Å². The maximum atomic E-state index is 11.7. The van der Waals surface area contributed by atoms with Gasteiger partial charge in [-0.25, -0.2) is 4.79 Å². The van der Waals surface area contributed by atoms with Crippen molar-refractivity contribution in [2.24, 2.45) is 0 Å². The normalized spacial score (nSPS) is 29.7. The number of hydrogen-bond acceptors (Lipinski definition) is 9. The summed E-state index contributed by atoms with van der Waals surface area (Å²) in [5.41, 5.74) is 0.458. The quantitative estimate of drug-likeness (QED) is 0.257. The lowest BCUT2D eigenvalue weighted by atomic mass is 9.99. The smallest absolute Gasteiger partial charge is 0.330 e. The van der Waals surface area contributed by atoms with Gasteiger partial charge in [0.15, 0.2) is 17.8 Å². The molecule has 1 aliphatic heterocycles. The molecule has 5 atom stereocenters. The molecule has 0 bridgehead atoms. The van der Waals surface area contributed by atoms with Gasteiger partial charge in [0.2, 0.25) is 0 Å². The fraction of sp³-hybridized carbons (Fsp3) is 0.438. The third kappa shape index (κ3) is 4.68. The molecule has 9 heteroatoms. The number of hydrogen-bond donors (Lipinski definition) is 5. The molecular weight excluding hydrogens is 336 g/mol. The minimum Gasteiger partial charge on any atom is -0.504 e. The summed E-state index contributed by atoms with van der Waals surface area (Å²) in [6, 6.07) is 4.01. The third-order valence-electron chi connectivity index (χ3n) is 3.70. The Morgan fingerprint density at radius 1 is 1.16 bits per heavy atom. The molecule has 1 aromatic carbocycles. The first-order valence-electron chi connectivity index (χ1n) is 7.42. The van der Waals surface area contributed by atoms with Crippen LogP contribution in [0.15, 0.2) is 24.3 Å². The van der Waals surface area contributed by atoms with Crippen molar-refractivity contribution in [3.8, 4) is 11.5 Å². The van der Waals surface area contributed by atoms with Crippen LogP contribution < -0.4 is 0 Å². The van der Waals surface area contributed by atoms with Gasteiger partial charge in [0.1, 0.15) is 31.0 Å². The molecule has 9 nitrogen and oxygen atoms in total. The number of methoxy groups -OCH3 is 1. The number of benzene rings is 1. The molecule has 0 aliphatic carbocycles. The Morgan fingerprint density at radius 2 is 1.88 bits per heavy atom. The molecule has 25 heavy (non-hydrogen) atoms. The number of esters is 1. The van der Waals surface area contributed by atoms with Gasteiger partial charge in [0.25, 0.3) is 0 Å². The molecule has 0 unspecified atom stereocenters. The number of aliphatic hydroxyl groups is 3. The highest BCUT2D eigenvalue weighted by Crippen LogP contribution is 2.25. The lowest BCUT2D eigenvalue weighted by molar-refractivity contribution is -0.294. The number of ether oxygens (including phenoxy) is 3. The second-order valence-corrected chi connectivity index (χ2v) is 5.46. The van der Waals surface area contributed by atoms with Gasteiger partial charge >= 0.3 is 5.97 Å². The number of phenols is 2. The number of carbonyl (C=O) groups is 1. The number of rotatable bonds is 5. The van der Waals surface area contributed by atoms with E-state index in [4.69, 9.17) is 14.2 Å². The number of aromatic hydroxyl groups is 2. The first kappa shape index (κ1) is 19.2. The summed E-state index contributed by atoms with van der Waals surface area (Å²) < 4.78 is 15.0. The maximum absolute atomic E-state index is 11.7. The topological polar surface area (TPSA) is 146 Å². The average Bonchev–Trinajstić information content (AvgIpc) is 2.60. The van der Waals surface area contributed by atoms with Crippen LogP contribution in [0.4, 0.5) is 0 Å². The highest BCUT2D eigenvalue weighted by molar-refractivity contribution is 5.87. The molecule has 0 aromatic heterocycles. The number of carbonyl (C=O) groups excluding carboxylic acids is 1. The Kier molecular flexibility index (Phi) is 6.34. The third-order valence-corrected chi connectivity index (χ3v) is 3.70. The molecule has 138 valence electrons. The number of phenolic OH excluding ortho intramolecular Hbond substituents is 2.